The van der Waals surface area contributed by atoms with Crippen molar-refractivity contribution < 1.29 is 18.8 Å². The SMILES string of the molecule is CC#CCN1C(=O)NC(=O)C(F)C1=O. The summed E-state index contributed by atoms with van der Waals surface area (Å²) in [4.78, 5) is 33.3. The molecule has 4 amide bonds. The maximum Gasteiger partial charge on any atom is 0.331 e. The first-order valence-corrected chi connectivity index (χ1v) is 3.77. The van der Waals surface area contributed by atoms with Crippen LogP contribution in [0.5, 0.6) is 0 Å². The van der Waals surface area contributed by atoms with Crippen molar-refractivity contribution in [1.82, 2.24) is 10.2 Å². The number of hydrogen-bond acceptors (Lipinski definition) is 3. The normalized spacial score (nSPS) is 21.4. The van der Waals surface area contributed by atoms with Crippen LogP contribution in [0.3, 0.4) is 0 Å². The van der Waals surface area contributed by atoms with Crippen LogP contribution in [0.1, 0.15) is 6.92 Å². The van der Waals surface area contributed by atoms with Crippen LogP contribution in [0.15, 0.2) is 0 Å². The van der Waals surface area contributed by atoms with Crippen molar-refractivity contribution in [2.24, 2.45) is 0 Å². The first-order chi connectivity index (χ1) is 6.57. The number of nitrogens with one attached hydrogen (secondary N) is 1. The Morgan fingerprint density at radius 3 is 2.71 bits per heavy atom. The zero-order valence-corrected chi connectivity index (χ0v) is 7.33. The molecule has 5 nitrogen and oxygen atoms in total. The maximum atomic E-state index is 12.8. The van der Waals surface area contributed by atoms with Gasteiger partial charge in [0.05, 0.1) is 6.54 Å². The van der Waals surface area contributed by atoms with E-state index in [1.807, 2.05) is 0 Å². The van der Waals surface area contributed by atoms with Gasteiger partial charge in [-0.15, -0.1) is 5.92 Å². The van der Waals surface area contributed by atoms with E-state index in [1.54, 1.807) is 5.32 Å². The molecule has 1 rings (SSSR count). The second kappa shape index (κ2) is 3.87. The minimum absolute atomic E-state index is 0.213. The summed E-state index contributed by atoms with van der Waals surface area (Å²) < 4.78 is 12.8. The van der Waals surface area contributed by atoms with Gasteiger partial charge in [-0.3, -0.25) is 14.9 Å². The zero-order chi connectivity index (χ0) is 10.7. The topological polar surface area (TPSA) is 66.5 Å². The van der Waals surface area contributed by atoms with Gasteiger partial charge in [-0.05, 0) is 6.92 Å². The third kappa shape index (κ3) is 1.71. The lowest BCUT2D eigenvalue weighted by molar-refractivity contribution is -0.143. The summed E-state index contributed by atoms with van der Waals surface area (Å²) >= 11 is 0. The first-order valence-electron chi connectivity index (χ1n) is 3.77. The van der Waals surface area contributed by atoms with E-state index in [0.717, 1.165) is 0 Å². The van der Waals surface area contributed by atoms with Crippen LogP contribution in [0, 0.1) is 11.8 Å². The molecule has 1 fully saturated rings. The second-order valence-electron chi connectivity index (χ2n) is 2.51. The highest BCUT2D eigenvalue weighted by atomic mass is 19.1. The van der Waals surface area contributed by atoms with Crippen molar-refractivity contribution in [3.8, 4) is 11.8 Å². The predicted molar refractivity (Wildman–Crippen MR) is 43.6 cm³/mol. The van der Waals surface area contributed by atoms with E-state index in [4.69, 9.17) is 0 Å². The van der Waals surface area contributed by atoms with Crippen molar-refractivity contribution in [3.63, 3.8) is 0 Å². The van der Waals surface area contributed by atoms with E-state index < -0.39 is 24.0 Å². The quantitative estimate of drug-likeness (QED) is 0.453. The number of nitrogens with zero attached hydrogens (tertiary/aromatic N) is 1. The number of halogens is 1. The molecule has 1 N–H and O–H groups in total. The number of rotatable bonds is 1. The molecule has 6 heteroatoms. The molecule has 1 aliphatic rings. The molecule has 0 aromatic heterocycles. The Balaban J connectivity index is 2.82. The van der Waals surface area contributed by atoms with Gasteiger partial charge in [-0.2, -0.15) is 0 Å². The summed E-state index contributed by atoms with van der Waals surface area (Å²) in [6.07, 6.45) is -2.31. The largest absolute Gasteiger partial charge is 0.331 e. The Hall–Kier alpha value is -1.90. The summed E-state index contributed by atoms with van der Waals surface area (Å²) in [5.41, 5.74) is 0. The van der Waals surface area contributed by atoms with Crippen LogP contribution in [0.2, 0.25) is 0 Å². The van der Waals surface area contributed by atoms with E-state index in [0.29, 0.717) is 4.90 Å². The van der Waals surface area contributed by atoms with E-state index in [1.165, 1.54) is 6.92 Å². The lowest BCUT2D eigenvalue weighted by Gasteiger charge is -2.24. The van der Waals surface area contributed by atoms with Gasteiger partial charge in [0.1, 0.15) is 0 Å². The van der Waals surface area contributed by atoms with Gasteiger partial charge in [-0.25, -0.2) is 14.1 Å². The maximum absolute atomic E-state index is 12.8. The van der Waals surface area contributed by atoms with Gasteiger partial charge in [-0.1, -0.05) is 5.92 Å². The molecule has 1 atom stereocenters. The number of barbiturate groups is 1. The van der Waals surface area contributed by atoms with Crippen LogP contribution in [0.25, 0.3) is 0 Å². The molecule has 0 aliphatic carbocycles. The van der Waals surface area contributed by atoms with Gasteiger partial charge in [0.15, 0.2) is 0 Å². The molecule has 0 radical (unpaired) electrons. The molecule has 1 heterocycles. The van der Waals surface area contributed by atoms with Crippen molar-refractivity contribution >= 4 is 17.8 Å². The third-order valence-electron chi connectivity index (χ3n) is 1.60. The molecule has 0 aromatic rings. The van der Waals surface area contributed by atoms with E-state index in [9.17, 15) is 18.8 Å². The van der Waals surface area contributed by atoms with E-state index in [2.05, 4.69) is 11.8 Å². The number of amides is 4. The van der Waals surface area contributed by atoms with E-state index >= 15 is 0 Å². The monoisotopic (exact) mass is 198 g/mol. The summed E-state index contributed by atoms with van der Waals surface area (Å²) in [5, 5.41) is 1.70. The van der Waals surface area contributed by atoms with E-state index in [-0.39, 0.29) is 6.54 Å². The Bertz CT molecular complexity index is 355. The summed E-state index contributed by atoms with van der Waals surface area (Å²) in [5.74, 6) is 2.49. The van der Waals surface area contributed by atoms with Crippen LogP contribution in [-0.2, 0) is 9.59 Å². The Morgan fingerprint density at radius 2 is 2.14 bits per heavy atom. The second-order valence-corrected chi connectivity index (χ2v) is 2.51. The summed E-state index contributed by atoms with van der Waals surface area (Å²) in [6, 6.07) is -0.934. The zero-order valence-electron chi connectivity index (χ0n) is 7.33. The van der Waals surface area contributed by atoms with Gasteiger partial charge >= 0.3 is 6.03 Å². The fourth-order valence-corrected chi connectivity index (χ4v) is 0.893. The van der Waals surface area contributed by atoms with Crippen LogP contribution >= 0.6 is 0 Å². The molecule has 1 saturated heterocycles. The van der Waals surface area contributed by atoms with Crippen molar-refractivity contribution in [3.05, 3.63) is 0 Å². The fraction of sp³-hybridized carbons (Fsp3) is 0.375. The Labute approximate surface area is 79.2 Å². The highest BCUT2D eigenvalue weighted by molar-refractivity contribution is 6.18. The van der Waals surface area contributed by atoms with Crippen molar-refractivity contribution in [2.75, 3.05) is 6.54 Å². The molecular weight excluding hydrogens is 191 g/mol. The number of imide groups is 2. The Morgan fingerprint density at radius 1 is 1.50 bits per heavy atom. The van der Waals surface area contributed by atoms with Gasteiger partial charge < -0.3 is 0 Å². The van der Waals surface area contributed by atoms with Crippen molar-refractivity contribution in [1.29, 1.82) is 0 Å². The lowest BCUT2D eigenvalue weighted by Crippen LogP contribution is -2.59. The number of carbonyl (C=O) groups is 3. The smallest absolute Gasteiger partial charge is 0.275 e. The third-order valence-corrected chi connectivity index (χ3v) is 1.60. The highest BCUT2D eigenvalue weighted by Crippen LogP contribution is 2.06. The fourth-order valence-electron chi connectivity index (χ4n) is 0.893. The molecule has 74 valence electrons. The first kappa shape index (κ1) is 10.2. The molecular formula is C8H7FN2O3. The molecule has 1 unspecified atom stereocenters. The number of hydrogen-bond donors (Lipinski definition) is 1. The van der Waals surface area contributed by atoms with Crippen molar-refractivity contribution in [2.45, 2.75) is 13.1 Å². The van der Waals surface area contributed by atoms with Gasteiger partial charge in [0, 0.05) is 0 Å². The summed E-state index contributed by atoms with van der Waals surface area (Å²) in [7, 11) is 0. The predicted octanol–water partition coefficient (Wildman–Crippen LogP) is -0.574. The molecule has 0 aromatic carbocycles. The summed E-state index contributed by atoms with van der Waals surface area (Å²) in [6.45, 7) is 1.30. The Kier molecular flexibility index (Phi) is 2.82. The van der Waals surface area contributed by atoms with Gasteiger partial charge in [0.25, 0.3) is 18.0 Å². The van der Waals surface area contributed by atoms with Crippen LogP contribution in [0.4, 0.5) is 9.18 Å². The molecule has 1 aliphatic heterocycles. The minimum atomic E-state index is -2.31. The van der Waals surface area contributed by atoms with Crippen LogP contribution in [-0.4, -0.2) is 35.5 Å². The molecule has 0 bridgehead atoms. The number of urea groups is 1. The lowest BCUT2D eigenvalue weighted by atomic mass is 10.2. The van der Waals surface area contributed by atoms with Crippen LogP contribution < -0.4 is 5.32 Å². The average Bonchev–Trinajstić information content (AvgIpc) is 2.14. The number of alkyl halides is 1. The highest BCUT2D eigenvalue weighted by Gasteiger charge is 2.40. The standard InChI is InChI=1S/C8H7FN2O3/c1-2-3-4-11-7(13)5(9)6(12)10-8(11)14/h5H,4H2,1H3,(H,10,12,14). The average molecular weight is 198 g/mol. The van der Waals surface area contributed by atoms with Gasteiger partial charge in [0.2, 0.25) is 0 Å². The molecule has 14 heavy (non-hydrogen) atoms. The molecule has 0 spiro atoms. The number of carbonyl (C=O) groups excluding carboxylic acids is 3. The minimum Gasteiger partial charge on any atom is -0.275 e. The molecule has 0 saturated carbocycles.